The first-order valence-corrected chi connectivity index (χ1v) is 8.57. The fourth-order valence-electron chi connectivity index (χ4n) is 2.54. The lowest BCUT2D eigenvalue weighted by Crippen LogP contribution is -2.08. The van der Waals surface area contributed by atoms with E-state index < -0.39 is 17.6 Å². The number of rotatable bonds is 5. The minimum absolute atomic E-state index is 0.136. The van der Waals surface area contributed by atoms with E-state index in [2.05, 4.69) is 20.9 Å². The molecule has 0 radical (unpaired) electrons. The number of nitrogens with zero attached hydrogens (tertiary/aromatic N) is 1. The Bertz CT molecular complexity index is 954. The summed E-state index contributed by atoms with van der Waals surface area (Å²) in [4.78, 5) is 27.6. The highest BCUT2D eigenvalue weighted by atomic mass is 79.9. The third kappa shape index (κ3) is 3.92. The highest BCUT2D eigenvalue weighted by molar-refractivity contribution is 9.10. The number of benzene rings is 1. The van der Waals surface area contributed by atoms with Gasteiger partial charge in [-0.15, -0.1) is 0 Å². The van der Waals surface area contributed by atoms with E-state index in [0.29, 0.717) is 16.8 Å². The second-order valence-electron chi connectivity index (χ2n) is 5.52. The van der Waals surface area contributed by atoms with Gasteiger partial charge in [0.1, 0.15) is 17.5 Å². The summed E-state index contributed by atoms with van der Waals surface area (Å²) >= 11 is 3.07. The van der Waals surface area contributed by atoms with Gasteiger partial charge in [0.15, 0.2) is 0 Å². The van der Waals surface area contributed by atoms with Gasteiger partial charge in [-0.1, -0.05) is 6.07 Å². The Morgan fingerprint density at radius 1 is 1.38 bits per heavy atom. The van der Waals surface area contributed by atoms with Crippen LogP contribution in [0.4, 0.5) is 4.39 Å². The molecule has 2 aromatic rings. The van der Waals surface area contributed by atoms with E-state index in [-0.39, 0.29) is 27.9 Å². The minimum atomic E-state index is -0.552. The summed E-state index contributed by atoms with van der Waals surface area (Å²) in [6, 6.07) is 6.02. The molecule has 26 heavy (non-hydrogen) atoms. The molecule has 0 saturated heterocycles. The molecule has 7 heteroatoms. The monoisotopic (exact) mass is 418 g/mol. The summed E-state index contributed by atoms with van der Waals surface area (Å²) in [5, 5.41) is 9.37. The summed E-state index contributed by atoms with van der Waals surface area (Å²) in [6.45, 7) is 5.18. The van der Waals surface area contributed by atoms with E-state index >= 15 is 0 Å². The van der Waals surface area contributed by atoms with Gasteiger partial charge in [0.05, 0.1) is 22.3 Å². The lowest BCUT2D eigenvalue weighted by molar-refractivity contribution is 0.0525. The molecule has 0 unspecified atom stereocenters. The van der Waals surface area contributed by atoms with Crippen molar-refractivity contribution >= 4 is 33.8 Å². The fourth-order valence-corrected chi connectivity index (χ4v) is 2.94. The Balaban J connectivity index is 2.45. The van der Waals surface area contributed by atoms with E-state index in [1.165, 1.54) is 24.3 Å². The summed E-state index contributed by atoms with van der Waals surface area (Å²) in [5.74, 6) is -1.52. The van der Waals surface area contributed by atoms with Crippen LogP contribution in [0, 0.1) is 31.0 Å². The van der Waals surface area contributed by atoms with Crippen molar-refractivity contribution in [2.45, 2.75) is 20.8 Å². The number of hydrogen-bond acceptors (Lipinski definition) is 4. The molecule has 1 N–H and O–H groups in total. The number of H-pyrrole nitrogens is 1. The number of ketones is 1. The average molecular weight is 419 g/mol. The first kappa shape index (κ1) is 19.6. The summed E-state index contributed by atoms with van der Waals surface area (Å²) < 4.78 is 18.6. The number of hydrogen-bond donors (Lipinski definition) is 1. The molecule has 134 valence electrons. The molecule has 5 nitrogen and oxygen atoms in total. The van der Waals surface area contributed by atoms with Crippen molar-refractivity contribution in [1.29, 1.82) is 5.26 Å². The van der Waals surface area contributed by atoms with Gasteiger partial charge >= 0.3 is 5.97 Å². The number of aryl methyl sites for hydroxylation is 1. The van der Waals surface area contributed by atoms with Crippen LogP contribution >= 0.6 is 15.9 Å². The largest absolute Gasteiger partial charge is 0.462 e. The second-order valence-corrected chi connectivity index (χ2v) is 6.37. The lowest BCUT2D eigenvalue weighted by Gasteiger charge is -2.03. The SMILES string of the molecule is CCOC(=O)c1c(C)[nH]c(C(=O)/C(C#N)=C/c2ccc(F)c(Br)c2)c1C. The predicted octanol–water partition coefficient (Wildman–Crippen LogP) is 4.50. The first-order valence-electron chi connectivity index (χ1n) is 7.78. The topological polar surface area (TPSA) is 83.0 Å². The molecule has 0 aliphatic carbocycles. The summed E-state index contributed by atoms with van der Waals surface area (Å²) in [6.07, 6.45) is 1.37. The number of carbonyl (C=O) groups is 2. The number of aromatic nitrogens is 1. The molecule has 0 atom stereocenters. The van der Waals surface area contributed by atoms with Crippen molar-refractivity contribution in [2.24, 2.45) is 0 Å². The number of ether oxygens (including phenoxy) is 1. The van der Waals surface area contributed by atoms with Gasteiger partial charge in [-0.05, 0) is 66.0 Å². The highest BCUT2D eigenvalue weighted by Crippen LogP contribution is 2.23. The number of allylic oxidation sites excluding steroid dienone is 1. The molecule has 0 fully saturated rings. The second kappa shape index (κ2) is 8.11. The molecule has 0 aliphatic rings. The average Bonchev–Trinajstić information content (AvgIpc) is 2.90. The first-order chi connectivity index (χ1) is 12.3. The number of nitriles is 1. The van der Waals surface area contributed by atoms with Crippen LogP contribution in [0.5, 0.6) is 0 Å². The Morgan fingerprint density at radius 2 is 2.08 bits per heavy atom. The molecular weight excluding hydrogens is 403 g/mol. The van der Waals surface area contributed by atoms with Crippen molar-refractivity contribution in [3.05, 3.63) is 62.1 Å². The summed E-state index contributed by atoms with van der Waals surface area (Å²) in [7, 11) is 0. The Kier molecular flexibility index (Phi) is 6.11. The van der Waals surface area contributed by atoms with Crippen molar-refractivity contribution in [1.82, 2.24) is 4.98 Å². The normalized spacial score (nSPS) is 11.2. The van der Waals surface area contributed by atoms with Crippen LogP contribution in [-0.2, 0) is 4.74 Å². The van der Waals surface area contributed by atoms with Crippen LogP contribution in [-0.4, -0.2) is 23.3 Å². The van der Waals surface area contributed by atoms with Crippen molar-refractivity contribution < 1.29 is 18.7 Å². The molecule has 0 amide bonds. The number of nitrogens with one attached hydrogen (secondary N) is 1. The highest BCUT2D eigenvalue weighted by Gasteiger charge is 2.24. The Morgan fingerprint density at radius 3 is 2.65 bits per heavy atom. The van der Waals surface area contributed by atoms with Crippen LogP contribution in [0.2, 0.25) is 0 Å². The quantitative estimate of drug-likeness (QED) is 0.335. The van der Waals surface area contributed by atoms with Gasteiger partial charge in [-0.2, -0.15) is 5.26 Å². The fraction of sp³-hybridized carbons (Fsp3) is 0.211. The Hall–Kier alpha value is -2.72. The van der Waals surface area contributed by atoms with Crippen LogP contribution in [0.25, 0.3) is 6.08 Å². The van der Waals surface area contributed by atoms with Crippen LogP contribution in [0.1, 0.15) is 44.6 Å². The smallest absolute Gasteiger partial charge is 0.340 e. The number of halogens is 2. The van der Waals surface area contributed by atoms with E-state index in [1.54, 1.807) is 20.8 Å². The lowest BCUT2D eigenvalue weighted by atomic mass is 10.0. The Labute approximate surface area is 158 Å². The van der Waals surface area contributed by atoms with Crippen LogP contribution in [0.3, 0.4) is 0 Å². The van der Waals surface area contributed by atoms with Gasteiger partial charge in [-0.25, -0.2) is 9.18 Å². The van der Waals surface area contributed by atoms with Gasteiger partial charge in [0.25, 0.3) is 0 Å². The third-order valence-electron chi connectivity index (χ3n) is 3.76. The minimum Gasteiger partial charge on any atom is -0.462 e. The molecule has 1 aromatic carbocycles. The molecule has 0 saturated carbocycles. The van der Waals surface area contributed by atoms with Gasteiger partial charge < -0.3 is 9.72 Å². The molecule has 1 heterocycles. The molecular formula is C19H16BrFN2O3. The number of carbonyl (C=O) groups excluding carboxylic acids is 2. The molecule has 0 bridgehead atoms. The van der Waals surface area contributed by atoms with Gasteiger partial charge in [0.2, 0.25) is 5.78 Å². The standard InChI is InChI=1S/C19H16BrFN2O3/c1-4-26-19(25)16-10(2)17(23-11(16)3)18(24)13(9-22)7-12-5-6-15(21)14(20)8-12/h5-8,23H,4H2,1-3H3/b13-7+. The summed E-state index contributed by atoms with van der Waals surface area (Å²) in [5.41, 5.74) is 1.72. The maximum atomic E-state index is 13.3. The molecule has 0 spiro atoms. The van der Waals surface area contributed by atoms with Gasteiger partial charge in [-0.3, -0.25) is 4.79 Å². The third-order valence-corrected chi connectivity index (χ3v) is 4.37. The number of esters is 1. The van der Waals surface area contributed by atoms with E-state index in [4.69, 9.17) is 4.74 Å². The zero-order chi connectivity index (χ0) is 19.4. The van der Waals surface area contributed by atoms with Crippen molar-refractivity contribution in [3.8, 4) is 6.07 Å². The predicted molar refractivity (Wildman–Crippen MR) is 98.2 cm³/mol. The van der Waals surface area contributed by atoms with Crippen LogP contribution in [0.15, 0.2) is 28.2 Å². The maximum Gasteiger partial charge on any atom is 0.340 e. The molecule has 1 aromatic heterocycles. The van der Waals surface area contributed by atoms with E-state index in [0.717, 1.165) is 0 Å². The molecule has 0 aliphatic heterocycles. The number of Topliss-reactive ketones (excluding diaryl/α,β-unsaturated/α-hetero) is 1. The van der Waals surface area contributed by atoms with Gasteiger partial charge in [0, 0.05) is 5.69 Å². The van der Waals surface area contributed by atoms with Crippen molar-refractivity contribution in [2.75, 3.05) is 6.61 Å². The van der Waals surface area contributed by atoms with E-state index in [9.17, 15) is 19.2 Å². The van der Waals surface area contributed by atoms with Crippen molar-refractivity contribution in [3.63, 3.8) is 0 Å². The maximum absolute atomic E-state index is 13.3. The number of aromatic amines is 1. The van der Waals surface area contributed by atoms with E-state index in [1.807, 2.05) is 6.07 Å². The zero-order valence-corrected chi connectivity index (χ0v) is 16.0. The van der Waals surface area contributed by atoms with Crippen LogP contribution < -0.4 is 0 Å². The molecule has 2 rings (SSSR count). The zero-order valence-electron chi connectivity index (χ0n) is 14.4.